The van der Waals surface area contributed by atoms with Gasteiger partial charge in [-0.2, -0.15) is 0 Å². The standard InChI is InChI=1S/C16H11N5O4/c1-6-2-3-7-11(18-5-19-14(7)23)12(6)21-9(22)4-8-10(13(21)17)16(25)20-15(8)24/h2-5H,17H2,1H3,(H,18,19,23)(H,20,24,25). The van der Waals surface area contributed by atoms with E-state index in [4.69, 9.17) is 5.73 Å². The molecular weight excluding hydrogens is 326 g/mol. The number of imide groups is 1. The number of carbonyl (C=O) groups is 2. The Morgan fingerprint density at radius 2 is 1.88 bits per heavy atom. The topological polar surface area (TPSA) is 140 Å². The predicted octanol–water partition coefficient (Wildman–Crippen LogP) is -0.152. The number of nitrogens with one attached hydrogen (secondary N) is 2. The molecule has 0 saturated heterocycles. The highest BCUT2D eigenvalue weighted by Gasteiger charge is 2.32. The van der Waals surface area contributed by atoms with E-state index in [0.29, 0.717) is 11.3 Å². The lowest BCUT2D eigenvalue weighted by Gasteiger charge is -2.15. The second kappa shape index (κ2) is 4.87. The minimum absolute atomic E-state index is 0.0625. The summed E-state index contributed by atoms with van der Waals surface area (Å²) in [5, 5.41) is 2.38. The van der Waals surface area contributed by atoms with E-state index in [2.05, 4.69) is 15.3 Å². The fraction of sp³-hybridized carbons (Fsp3) is 0.0625. The van der Waals surface area contributed by atoms with Gasteiger partial charge in [0.05, 0.1) is 28.5 Å². The summed E-state index contributed by atoms with van der Waals surface area (Å²) in [6.45, 7) is 1.72. The molecular formula is C16H11N5O4. The summed E-state index contributed by atoms with van der Waals surface area (Å²) in [5.74, 6) is -1.52. The first-order chi connectivity index (χ1) is 11.9. The minimum atomic E-state index is -0.671. The fourth-order valence-corrected chi connectivity index (χ4v) is 3.02. The minimum Gasteiger partial charge on any atom is -0.384 e. The van der Waals surface area contributed by atoms with Gasteiger partial charge in [-0.1, -0.05) is 6.07 Å². The Hall–Kier alpha value is -3.75. The smallest absolute Gasteiger partial charge is 0.262 e. The number of aromatic amines is 1. The highest BCUT2D eigenvalue weighted by atomic mass is 16.2. The van der Waals surface area contributed by atoms with Crippen molar-refractivity contribution in [3.05, 3.63) is 61.9 Å². The fourth-order valence-electron chi connectivity index (χ4n) is 3.02. The van der Waals surface area contributed by atoms with E-state index in [1.165, 1.54) is 6.33 Å². The quantitative estimate of drug-likeness (QED) is 0.527. The van der Waals surface area contributed by atoms with Crippen molar-refractivity contribution in [2.45, 2.75) is 6.92 Å². The van der Waals surface area contributed by atoms with Crippen LogP contribution in [0.5, 0.6) is 0 Å². The van der Waals surface area contributed by atoms with E-state index >= 15 is 0 Å². The van der Waals surface area contributed by atoms with E-state index in [0.717, 1.165) is 10.6 Å². The summed E-state index contributed by atoms with van der Waals surface area (Å²) in [5.41, 5.74) is 6.15. The number of pyridine rings is 1. The highest BCUT2D eigenvalue weighted by molar-refractivity contribution is 6.23. The summed E-state index contributed by atoms with van der Waals surface area (Å²) < 4.78 is 1.10. The van der Waals surface area contributed by atoms with Gasteiger partial charge in [0.1, 0.15) is 11.3 Å². The van der Waals surface area contributed by atoms with Crippen molar-refractivity contribution in [2.24, 2.45) is 0 Å². The molecule has 1 aromatic carbocycles. The number of carbonyl (C=O) groups excluding carboxylic acids is 2. The summed E-state index contributed by atoms with van der Waals surface area (Å²) in [4.78, 5) is 55.0. The second-order valence-corrected chi connectivity index (χ2v) is 5.63. The lowest BCUT2D eigenvalue weighted by atomic mass is 10.1. The maximum Gasteiger partial charge on any atom is 0.262 e. The normalized spacial score (nSPS) is 13.2. The first-order valence-electron chi connectivity index (χ1n) is 7.28. The monoisotopic (exact) mass is 337 g/mol. The molecule has 3 aromatic rings. The number of nitrogens with two attached hydrogens (primary N) is 1. The van der Waals surface area contributed by atoms with E-state index < -0.39 is 17.4 Å². The van der Waals surface area contributed by atoms with Gasteiger partial charge in [0, 0.05) is 6.07 Å². The van der Waals surface area contributed by atoms with Gasteiger partial charge in [-0.25, -0.2) is 4.98 Å². The maximum atomic E-state index is 12.6. The van der Waals surface area contributed by atoms with Crippen molar-refractivity contribution >= 4 is 28.5 Å². The third kappa shape index (κ3) is 1.92. The molecule has 4 rings (SSSR count). The van der Waals surface area contributed by atoms with Crippen LogP contribution in [0.1, 0.15) is 26.3 Å². The van der Waals surface area contributed by atoms with Gasteiger partial charge in [-0.15, -0.1) is 0 Å². The molecule has 1 aliphatic heterocycles. The molecule has 0 saturated carbocycles. The number of rotatable bonds is 1. The largest absolute Gasteiger partial charge is 0.384 e. The third-order valence-corrected chi connectivity index (χ3v) is 4.16. The summed E-state index contributed by atoms with van der Waals surface area (Å²) in [7, 11) is 0. The Balaban J connectivity index is 2.19. The van der Waals surface area contributed by atoms with Crippen molar-refractivity contribution in [3.63, 3.8) is 0 Å². The van der Waals surface area contributed by atoms with E-state index in [1.807, 2.05) is 0 Å². The summed E-state index contributed by atoms with van der Waals surface area (Å²) >= 11 is 0. The number of fused-ring (bicyclic) bond motifs is 2. The van der Waals surface area contributed by atoms with Crippen LogP contribution in [-0.4, -0.2) is 26.3 Å². The molecule has 1 aliphatic rings. The molecule has 0 spiro atoms. The van der Waals surface area contributed by atoms with Crippen LogP contribution in [-0.2, 0) is 0 Å². The van der Waals surface area contributed by atoms with E-state index in [1.54, 1.807) is 19.1 Å². The van der Waals surface area contributed by atoms with Crippen LogP contribution >= 0.6 is 0 Å². The zero-order valence-electron chi connectivity index (χ0n) is 12.9. The van der Waals surface area contributed by atoms with Crippen molar-refractivity contribution in [1.29, 1.82) is 0 Å². The van der Waals surface area contributed by atoms with Crippen LogP contribution in [0.15, 0.2) is 34.1 Å². The van der Waals surface area contributed by atoms with Crippen LogP contribution in [0, 0.1) is 6.92 Å². The average Bonchev–Trinajstić information content (AvgIpc) is 2.83. The lowest BCUT2D eigenvalue weighted by Crippen LogP contribution is -2.25. The van der Waals surface area contributed by atoms with Crippen molar-refractivity contribution in [3.8, 4) is 5.69 Å². The number of nitrogens with zero attached hydrogens (tertiary/aromatic N) is 2. The zero-order chi connectivity index (χ0) is 17.9. The molecule has 4 N–H and O–H groups in total. The molecule has 2 aromatic heterocycles. The molecule has 0 fully saturated rings. The average molecular weight is 337 g/mol. The van der Waals surface area contributed by atoms with Crippen LogP contribution in [0.25, 0.3) is 16.6 Å². The summed E-state index contributed by atoms with van der Waals surface area (Å²) in [6, 6.07) is 4.29. The number of benzene rings is 1. The Morgan fingerprint density at radius 1 is 1.12 bits per heavy atom. The summed E-state index contributed by atoms with van der Waals surface area (Å²) in [6.07, 6.45) is 1.22. The number of aromatic nitrogens is 3. The third-order valence-electron chi connectivity index (χ3n) is 4.16. The van der Waals surface area contributed by atoms with E-state index in [-0.39, 0.29) is 33.4 Å². The molecule has 0 unspecified atom stereocenters. The van der Waals surface area contributed by atoms with Gasteiger partial charge in [0.2, 0.25) is 0 Å². The van der Waals surface area contributed by atoms with Crippen molar-refractivity contribution in [2.75, 3.05) is 5.73 Å². The molecule has 9 nitrogen and oxygen atoms in total. The Kier molecular flexibility index (Phi) is 2.89. The molecule has 124 valence electrons. The van der Waals surface area contributed by atoms with Crippen molar-refractivity contribution in [1.82, 2.24) is 19.9 Å². The molecule has 0 radical (unpaired) electrons. The number of H-pyrrole nitrogens is 1. The molecule has 3 heterocycles. The molecule has 25 heavy (non-hydrogen) atoms. The van der Waals surface area contributed by atoms with Gasteiger partial charge < -0.3 is 10.7 Å². The highest BCUT2D eigenvalue weighted by Crippen LogP contribution is 2.27. The second-order valence-electron chi connectivity index (χ2n) is 5.63. The lowest BCUT2D eigenvalue weighted by molar-refractivity contribution is 0.0880. The number of hydrogen-bond donors (Lipinski definition) is 3. The first kappa shape index (κ1) is 14.8. The van der Waals surface area contributed by atoms with Crippen LogP contribution in [0.3, 0.4) is 0 Å². The van der Waals surface area contributed by atoms with Gasteiger partial charge in [0.25, 0.3) is 22.9 Å². The van der Waals surface area contributed by atoms with Crippen molar-refractivity contribution < 1.29 is 9.59 Å². The predicted molar refractivity (Wildman–Crippen MR) is 88.9 cm³/mol. The maximum absolute atomic E-state index is 12.6. The molecule has 9 heteroatoms. The number of nitrogen functional groups attached to an aromatic ring is 1. The number of aryl methyl sites for hydroxylation is 1. The molecule has 0 atom stereocenters. The van der Waals surface area contributed by atoms with Crippen LogP contribution < -0.4 is 22.2 Å². The number of amides is 2. The molecule has 0 aliphatic carbocycles. The van der Waals surface area contributed by atoms with Gasteiger partial charge in [-0.3, -0.25) is 29.1 Å². The van der Waals surface area contributed by atoms with Gasteiger partial charge in [-0.05, 0) is 18.6 Å². The Morgan fingerprint density at radius 3 is 2.64 bits per heavy atom. The Bertz CT molecular complexity index is 1220. The SMILES string of the molecule is Cc1ccc2c(=O)[nH]cnc2c1-n1c(N)c2c(cc1=O)C(=O)NC2=O. The van der Waals surface area contributed by atoms with Crippen LogP contribution in [0.4, 0.5) is 5.82 Å². The first-order valence-corrected chi connectivity index (χ1v) is 7.28. The Labute approximate surface area is 139 Å². The number of anilines is 1. The van der Waals surface area contributed by atoms with E-state index in [9.17, 15) is 19.2 Å². The van der Waals surface area contributed by atoms with Gasteiger partial charge >= 0.3 is 0 Å². The number of hydrogen-bond acceptors (Lipinski definition) is 6. The van der Waals surface area contributed by atoms with Crippen LogP contribution in [0.2, 0.25) is 0 Å². The zero-order valence-corrected chi connectivity index (χ0v) is 12.9. The molecule has 0 bridgehead atoms. The molecule has 2 amide bonds. The van der Waals surface area contributed by atoms with Gasteiger partial charge in [0.15, 0.2) is 0 Å².